The quantitative estimate of drug-likeness (QED) is 0.227. The van der Waals surface area contributed by atoms with Gasteiger partial charge in [0.05, 0.1) is 7.11 Å². The maximum atomic E-state index is 15.5. The van der Waals surface area contributed by atoms with Gasteiger partial charge in [0.1, 0.15) is 5.54 Å². The van der Waals surface area contributed by atoms with E-state index in [4.69, 9.17) is 17.0 Å². The van der Waals surface area contributed by atoms with Crippen LogP contribution in [0.2, 0.25) is 0 Å². The summed E-state index contributed by atoms with van der Waals surface area (Å²) < 4.78 is 22.6. The van der Waals surface area contributed by atoms with Crippen molar-refractivity contribution in [2.24, 2.45) is 0 Å². The van der Waals surface area contributed by atoms with Crippen molar-refractivity contribution < 1.29 is 14.1 Å². The summed E-state index contributed by atoms with van der Waals surface area (Å²) in [7, 11) is -2.23. The molecule has 1 fully saturated rings. The van der Waals surface area contributed by atoms with Gasteiger partial charge in [0.25, 0.3) is 0 Å². The van der Waals surface area contributed by atoms with Crippen LogP contribution in [0.4, 0.5) is 0 Å². The Balaban J connectivity index is 1.85. The van der Waals surface area contributed by atoms with Crippen LogP contribution in [0.3, 0.4) is 0 Å². The highest BCUT2D eigenvalue weighted by atomic mass is 32.1. The molecule has 5 rings (SSSR count). The molecule has 182 valence electrons. The van der Waals surface area contributed by atoms with Gasteiger partial charge < -0.3 is 10.1 Å². The van der Waals surface area contributed by atoms with Gasteiger partial charge in [-0.05, 0) is 72.7 Å². The van der Waals surface area contributed by atoms with Crippen LogP contribution in [0.1, 0.15) is 19.4 Å². The lowest BCUT2D eigenvalue weighted by Crippen LogP contribution is -2.60. The highest BCUT2D eigenvalue weighted by Crippen LogP contribution is 2.60. The van der Waals surface area contributed by atoms with Crippen LogP contribution in [0, 0.1) is 0 Å². The summed E-state index contributed by atoms with van der Waals surface area (Å²) in [6.45, 7) is 3.68. The minimum Gasteiger partial charge on any atom is -0.467 e. The van der Waals surface area contributed by atoms with E-state index in [2.05, 4.69) is 5.32 Å². The molecule has 2 atom stereocenters. The highest BCUT2D eigenvalue weighted by Gasteiger charge is 2.66. The average Bonchev–Trinajstić information content (AvgIpc) is 3.14. The molecule has 4 aromatic carbocycles. The van der Waals surface area contributed by atoms with Gasteiger partial charge in [-0.15, -0.1) is 0 Å². The number of fused-ring (bicyclic) bond motifs is 1. The summed E-state index contributed by atoms with van der Waals surface area (Å²) in [5, 5.41) is 6.79. The third kappa shape index (κ3) is 3.40. The second-order valence-electron chi connectivity index (χ2n) is 9.24. The smallest absolute Gasteiger partial charge is 0.334 e. The van der Waals surface area contributed by atoms with E-state index in [0.717, 1.165) is 16.3 Å². The molecule has 0 saturated carbocycles. The lowest BCUT2D eigenvalue weighted by Gasteiger charge is -2.46. The Morgan fingerprint density at radius 1 is 0.833 bits per heavy atom. The molecule has 0 amide bonds. The molecule has 0 spiro atoms. The van der Waals surface area contributed by atoms with Gasteiger partial charge in [-0.2, -0.15) is 0 Å². The number of thiocarbonyl (C=S) groups is 1. The van der Waals surface area contributed by atoms with Crippen LogP contribution in [0.5, 0.6) is 0 Å². The van der Waals surface area contributed by atoms with Crippen LogP contribution in [-0.4, -0.2) is 28.4 Å². The molecular formula is C29H27N2O3PS. The maximum Gasteiger partial charge on any atom is 0.334 e. The van der Waals surface area contributed by atoms with Crippen LogP contribution < -0.4 is 15.9 Å². The van der Waals surface area contributed by atoms with Crippen LogP contribution >= 0.6 is 19.5 Å². The second kappa shape index (κ2) is 8.88. The van der Waals surface area contributed by atoms with Crippen LogP contribution in [0.15, 0.2) is 103 Å². The number of methoxy groups -OCH3 is 1. The zero-order valence-electron chi connectivity index (χ0n) is 20.3. The van der Waals surface area contributed by atoms with Gasteiger partial charge in [-0.3, -0.25) is 9.24 Å². The van der Waals surface area contributed by atoms with E-state index in [1.165, 1.54) is 7.11 Å². The van der Waals surface area contributed by atoms with Crippen LogP contribution in [-0.2, 0) is 19.6 Å². The first-order valence-electron chi connectivity index (χ1n) is 11.7. The molecule has 0 aromatic heterocycles. The number of hydrogen-bond acceptors (Lipinski definition) is 4. The maximum absolute atomic E-state index is 15.5. The van der Waals surface area contributed by atoms with E-state index >= 15 is 4.57 Å². The van der Waals surface area contributed by atoms with E-state index in [0.29, 0.717) is 10.6 Å². The molecule has 1 heterocycles. The number of ether oxygens (including phenoxy) is 1. The van der Waals surface area contributed by atoms with Crippen molar-refractivity contribution in [1.29, 1.82) is 0 Å². The summed E-state index contributed by atoms with van der Waals surface area (Å²) in [5.74, 6) is -0.490. The van der Waals surface area contributed by atoms with Crippen molar-refractivity contribution in [2.75, 3.05) is 7.11 Å². The highest BCUT2D eigenvalue weighted by molar-refractivity contribution is 7.83. The normalized spacial score (nSPS) is 21.9. The van der Waals surface area contributed by atoms with Gasteiger partial charge >= 0.3 is 5.97 Å². The van der Waals surface area contributed by atoms with Gasteiger partial charge in [0.2, 0.25) is 7.29 Å². The van der Waals surface area contributed by atoms with Crippen molar-refractivity contribution in [3.63, 3.8) is 0 Å². The second-order valence-corrected chi connectivity index (χ2v) is 12.2. The minimum atomic E-state index is -3.58. The Hall–Kier alpha value is -3.47. The first-order valence-corrected chi connectivity index (χ1v) is 13.8. The average molecular weight is 515 g/mol. The Morgan fingerprint density at radius 3 is 1.92 bits per heavy atom. The number of esters is 1. The van der Waals surface area contributed by atoms with Crippen molar-refractivity contribution in [1.82, 2.24) is 9.99 Å². The molecule has 1 N–H and O–H groups in total. The van der Waals surface area contributed by atoms with E-state index in [1.54, 1.807) is 11.6 Å². The molecular weight excluding hydrogens is 487 g/mol. The van der Waals surface area contributed by atoms with Gasteiger partial charge in [0.15, 0.2) is 10.7 Å². The number of hydrogen-bond donors (Lipinski definition) is 1. The molecule has 7 heteroatoms. The standard InChI is InChI=1S/C29H27N2O3PS/c1-28(26(32)34-3)29(2,23-19-18-21-12-10-11-13-22(21)20-23)31(27(36)30-28)35(33,24-14-6-4-7-15-24)25-16-8-5-9-17-25/h4-20H,1-3H3,(H,30,36)/t28-,29-/m1/s1. The number of benzene rings is 4. The van der Waals surface area contributed by atoms with Crippen molar-refractivity contribution in [2.45, 2.75) is 24.9 Å². The summed E-state index contributed by atoms with van der Waals surface area (Å²) in [6.07, 6.45) is 0. The number of carbonyl (C=O) groups is 1. The summed E-state index contributed by atoms with van der Waals surface area (Å²) in [4.78, 5) is 13.4. The number of carbonyl (C=O) groups excluding carboxylic acids is 1. The summed E-state index contributed by atoms with van der Waals surface area (Å²) in [5.41, 5.74) is -1.68. The number of rotatable bonds is 5. The predicted molar refractivity (Wildman–Crippen MR) is 149 cm³/mol. The molecule has 4 aromatic rings. The fourth-order valence-electron chi connectivity index (χ4n) is 5.21. The number of nitrogens with zero attached hydrogens (tertiary/aromatic N) is 1. The van der Waals surface area contributed by atoms with E-state index < -0.39 is 24.3 Å². The molecule has 36 heavy (non-hydrogen) atoms. The first kappa shape index (κ1) is 24.2. The fraction of sp³-hybridized carbons (Fsp3) is 0.172. The van der Waals surface area contributed by atoms with E-state index in [-0.39, 0.29) is 5.11 Å². The Labute approximate surface area is 216 Å². The Bertz CT molecular complexity index is 1470. The molecule has 0 radical (unpaired) electrons. The largest absolute Gasteiger partial charge is 0.467 e. The Morgan fingerprint density at radius 2 is 1.36 bits per heavy atom. The number of nitrogens with one attached hydrogen (secondary N) is 1. The van der Waals surface area contributed by atoms with Crippen molar-refractivity contribution in [3.05, 3.63) is 109 Å². The summed E-state index contributed by atoms with van der Waals surface area (Å²) in [6, 6.07) is 32.7. The summed E-state index contributed by atoms with van der Waals surface area (Å²) >= 11 is 5.88. The first-order chi connectivity index (χ1) is 17.3. The fourth-order valence-corrected chi connectivity index (χ4v) is 9.04. The van der Waals surface area contributed by atoms with E-state index in [1.807, 2.05) is 110 Å². The van der Waals surface area contributed by atoms with Crippen molar-refractivity contribution >= 4 is 52.0 Å². The third-order valence-corrected chi connectivity index (χ3v) is 10.9. The zero-order valence-corrected chi connectivity index (χ0v) is 22.1. The lowest BCUT2D eigenvalue weighted by molar-refractivity contribution is -0.150. The van der Waals surface area contributed by atoms with Gasteiger partial charge in [-0.25, -0.2) is 4.79 Å². The molecule has 0 bridgehead atoms. The van der Waals surface area contributed by atoms with E-state index in [9.17, 15) is 4.79 Å². The minimum absolute atomic E-state index is 0.231. The molecule has 1 aliphatic rings. The Kier molecular flexibility index (Phi) is 5.98. The zero-order chi connectivity index (χ0) is 25.6. The molecule has 0 aliphatic carbocycles. The topological polar surface area (TPSA) is 58.6 Å². The SMILES string of the molecule is COC(=O)[C@@]1(C)NC(=S)N(P(=O)(c2ccccc2)c2ccccc2)[C@]1(C)c1ccc2ccccc2c1. The van der Waals surface area contributed by atoms with Crippen LogP contribution in [0.25, 0.3) is 10.8 Å². The molecule has 5 nitrogen and oxygen atoms in total. The third-order valence-electron chi connectivity index (χ3n) is 7.35. The van der Waals surface area contributed by atoms with Crippen molar-refractivity contribution in [3.8, 4) is 0 Å². The molecule has 0 unspecified atom stereocenters. The lowest BCUT2D eigenvalue weighted by atomic mass is 9.75. The molecule has 1 aliphatic heterocycles. The van der Waals surface area contributed by atoms with Gasteiger partial charge in [-0.1, -0.05) is 72.8 Å². The van der Waals surface area contributed by atoms with Gasteiger partial charge in [0, 0.05) is 10.6 Å². The monoisotopic (exact) mass is 514 g/mol. The predicted octanol–water partition coefficient (Wildman–Crippen LogP) is 5.11. The molecule has 1 saturated heterocycles.